The van der Waals surface area contributed by atoms with Crippen molar-refractivity contribution in [3.8, 4) is 5.75 Å². The molecule has 30 heavy (non-hydrogen) atoms. The lowest BCUT2D eigenvalue weighted by atomic mass is 10.0. The van der Waals surface area contributed by atoms with Crippen LogP contribution in [0.5, 0.6) is 5.75 Å². The number of likely N-dealkylation sites (tertiary alicyclic amines) is 1. The summed E-state index contributed by atoms with van der Waals surface area (Å²) in [4.78, 5) is 18.0. The number of H-pyrrole nitrogens is 1. The highest BCUT2D eigenvalue weighted by Gasteiger charge is 2.21. The molecule has 5 heteroatoms. The summed E-state index contributed by atoms with van der Waals surface area (Å²) >= 11 is 0. The Morgan fingerprint density at radius 3 is 2.80 bits per heavy atom. The number of hydrogen-bond acceptors (Lipinski definition) is 3. The van der Waals surface area contributed by atoms with E-state index in [4.69, 9.17) is 4.74 Å². The van der Waals surface area contributed by atoms with E-state index in [9.17, 15) is 9.18 Å². The van der Waals surface area contributed by atoms with Gasteiger partial charge in [-0.3, -0.25) is 4.79 Å². The van der Waals surface area contributed by atoms with Crippen LogP contribution in [0.2, 0.25) is 0 Å². The summed E-state index contributed by atoms with van der Waals surface area (Å²) in [5.41, 5.74) is 1.58. The topological polar surface area (TPSA) is 45.3 Å². The number of aromatic amines is 1. The largest absolute Gasteiger partial charge is 0.492 e. The molecule has 1 N–H and O–H groups in total. The maximum atomic E-state index is 13.6. The van der Waals surface area contributed by atoms with Gasteiger partial charge in [0.05, 0.1) is 17.7 Å². The Bertz CT molecular complexity index is 877. The molecule has 1 unspecified atom stereocenters. The van der Waals surface area contributed by atoms with Gasteiger partial charge < -0.3 is 14.6 Å². The van der Waals surface area contributed by atoms with Gasteiger partial charge in [-0.05, 0) is 56.7 Å². The number of alkyl halides is 1. The molecule has 4 rings (SSSR count). The van der Waals surface area contributed by atoms with Crippen LogP contribution >= 0.6 is 0 Å². The molecule has 0 radical (unpaired) electrons. The molecule has 2 aromatic rings. The smallest absolute Gasteiger partial charge is 0.255 e. The molecule has 1 saturated carbocycles. The molecule has 1 atom stereocenters. The van der Waals surface area contributed by atoms with Crippen molar-refractivity contribution in [3.63, 3.8) is 0 Å². The Morgan fingerprint density at radius 2 is 1.97 bits per heavy atom. The van der Waals surface area contributed by atoms with Crippen LogP contribution < -0.4 is 10.3 Å². The maximum absolute atomic E-state index is 13.6. The van der Waals surface area contributed by atoms with E-state index in [0.717, 1.165) is 66.9 Å². The van der Waals surface area contributed by atoms with Crippen LogP contribution in [-0.2, 0) is 6.42 Å². The zero-order chi connectivity index (χ0) is 20.8. The Labute approximate surface area is 178 Å². The highest BCUT2D eigenvalue weighted by atomic mass is 19.1. The lowest BCUT2D eigenvalue weighted by molar-refractivity contribution is 0.131. The summed E-state index contributed by atoms with van der Waals surface area (Å²) in [6.07, 6.45) is 10.1. The average molecular weight is 415 g/mol. The molecule has 2 fully saturated rings. The number of aromatic nitrogens is 1. The summed E-state index contributed by atoms with van der Waals surface area (Å²) in [5, 5.41) is 0.979. The number of nitrogens with zero attached hydrogens (tertiary/aromatic N) is 1. The quantitative estimate of drug-likeness (QED) is 0.511. The Hall–Kier alpha value is -1.88. The first-order valence-corrected chi connectivity index (χ1v) is 11.8. The first kappa shape index (κ1) is 21.4. The van der Waals surface area contributed by atoms with Crippen molar-refractivity contribution in [2.24, 2.45) is 5.92 Å². The maximum Gasteiger partial charge on any atom is 0.255 e. The molecule has 1 aliphatic carbocycles. The minimum Gasteiger partial charge on any atom is -0.492 e. The van der Waals surface area contributed by atoms with Crippen LogP contribution in [0.4, 0.5) is 4.39 Å². The third kappa shape index (κ3) is 5.84. The lowest BCUT2D eigenvalue weighted by Crippen LogP contribution is -2.37. The van der Waals surface area contributed by atoms with E-state index in [-0.39, 0.29) is 5.56 Å². The van der Waals surface area contributed by atoms with Gasteiger partial charge in [-0.25, -0.2) is 4.39 Å². The third-order valence-corrected chi connectivity index (χ3v) is 6.52. The summed E-state index contributed by atoms with van der Waals surface area (Å²) in [6, 6.07) is 7.87. The second-order valence-electron chi connectivity index (χ2n) is 9.09. The van der Waals surface area contributed by atoms with E-state index in [1.165, 1.54) is 32.1 Å². The van der Waals surface area contributed by atoms with E-state index in [1.807, 2.05) is 24.3 Å². The average Bonchev–Trinajstić information content (AvgIpc) is 3.56. The number of nitrogens with one attached hydrogen (secondary N) is 1. The van der Waals surface area contributed by atoms with Crippen molar-refractivity contribution in [2.75, 3.05) is 26.2 Å². The van der Waals surface area contributed by atoms with Gasteiger partial charge in [0.2, 0.25) is 0 Å². The number of benzene rings is 1. The second kappa shape index (κ2) is 10.4. The number of piperidine rings is 1. The van der Waals surface area contributed by atoms with Crippen LogP contribution in [0.3, 0.4) is 0 Å². The summed E-state index contributed by atoms with van der Waals surface area (Å²) in [5.74, 6) is 1.72. The van der Waals surface area contributed by atoms with Crippen LogP contribution in [0.15, 0.2) is 29.1 Å². The van der Waals surface area contributed by atoms with Gasteiger partial charge in [-0.2, -0.15) is 0 Å². The summed E-state index contributed by atoms with van der Waals surface area (Å²) in [6.45, 7) is 2.91. The fourth-order valence-electron chi connectivity index (χ4n) is 4.63. The van der Waals surface area contributed by atoms with E-state index in [0.29, 0.717) is 19.6 Å². The molecule has 4 nitrogen and oxygen atoms in total. The fraction of sp³-hybridized carbons (Fsp3) is 0.640. The van der Waals surface area contributed by atoms with Gasteiger partial charge >= 0.3 is 0 Å². The molecule has 1 aromatic heterocycles. The van der Waals surface area contributed by atoms with E-state index < -0.39 is 6.17 Å². The zero-order valence-corrected chi connectivity index (χ0v) is 18.0. The summed E-state index contributed by atoms with van der Waals surface area (Å²) in [7, 11) is 0. The van der Waals surface area contributed by atoms with Gasteiger partial charge in [0, 0.05) is 18.5 Å². The van der Waals surface area contributed by atoms with Crippen molar-refractivity contribution in [3.05, 3.63) is 40.2 Å². The Kier molecular flexibility index (Phi) is 7.42. The summed E-state index contributed by atoms with van der Waals surface area (Å²) < 4.78 is 19.8. The fourth-order valence-corrected chi connectivity index (χ4v) is 4.63. The number of halogens is 1. The molecular weight excluding hydrogens is 379 g/mol. The van der Waals surface area contributed by atoms with E-state index >= 15 is 0 Å². The zero-order valence-electron chi connectivity index (χ0n) is 18.0. The number of para-hydroxylation sites is 1. The molecule has 164 valence electrons. The molecule has 0 amide bonds. The van der Waals surface area contributed by atoms with E-state index in [1.54, 1.807) is 0 Å². The molecule has 0 bridgehead atoms. The first-order valence-electron chi connectivity index (χ1n) is 11.8. The molecule has 0 spiro atoms. The lowest BCUT2D eigenvalue weighted by Gasteiger charge is -2.28. The second-order valence-corrected chi connectivity index (χ2v) is 9.09. The third-order valence-electron chi connectivity index (χ3n) is 6.52. The minimum absolute atomic E-state index is 0.0257. The number of ether oxygens (including phenoxy) is 1. The highest BCUT2D eigenvalue weighted by molar-refractivity contribution is 5.86. The van der Waals surface area contributed by atoms with Gasteiger partial charge in [0.25, 0.3) is 5.56 Å². The number of unbranched alkanes of at least 4 members (excludes halogenated alkanes) is 2. The van der Waals surface area contributed by atoms with Gasteiger partial charge in [-0.15, -0.1) is 0 Å². The van der Waals surface area contributed by atoms with Crippen molar-refractivity contribution >= 4 is 10.9 Å². The molecule has 1 aliphatic heterocycles. The number of rotatable bonds is 11. The first-order chi connectivity index (χ1) is 14.7. The SMILES string of the molecule is O=c1[nH]c2ccccc2c(OCCCN2CCCC(F)C2)c1CCCCCC1CC1. The van der Waals surface area contributed by atoms with Gasteiger partial charge in [-0.1, -0.05) is 44.2 Å². The number of fused-ring (bicyclic) bond motifs is 1. The van der Waals surface area contributed by atoms with Gasteiger partial charge in [0.1, 0.15) is 11.9 Å². The van der Waals surface area contributed by atoms with Crippen LogP contribution in [-0.4, -0.2) is 42.3 Å². The molecule has 2 aliphatic rings. The number of pyridine rings is 1. The van der Waals surface area contributed by atoms with E-state index in [2.05, 4.69) is 9.88 Å². The molecule has 2 heterocycles. The van der Waals surface area contributed by atoms with Crippen molar-refractivity contribution < 1.29 is 9.13 Å². The number of hydrogen-bond donors (Lipinski definition) is 1. The standard InChI is InChI=1S/C25H35FN2O2/c26-20-9-6-15-28(18-20)16-7-17-30-24-21-10-4-5-12-23(21)27-25(29)22(24)11-3-1-2-8-19-13-14-19/h4-5,10,12,19-20H,1-3,6-9,11,13-18H2,(H,27,29). The Morgan fingerprint density at radius 1 is 1.10 bits per heavy atom. The molecular formula is C25H35FN2O2. The molecule has 1 aromatic carbocycles. The van der Waals surface area contributed by atoms with Crippen molar-refractivity contribution in [2.45, 2.75) is 70.4 Å². The molecule has 1 saturated heterocycles. The predicted molar refractivity (Wildman–Crippen MR) is 120 cm³/mol. The van der Waals surface area contributed by atoms with Crippen molar-refractivity contribution in [1.29, 1.82) is 0 Å². The highest BCUT2D eigenvalue weighted by Crippen LogP contribution is 2.34. The normalized spacial score (nSPS) is 20.0. The monoisotopic (exact) mass is 414 g/mol. The van der Waals surface area contributed by atoms with Crippen LogP contribution in [0.25, 0.3) is 10.9 Å². The van der Waals surface area contributed by atoms with Crippen molar-refractivity contribution in [1.82, 2.24) is 9.88 Å². The predicted octanol–water partition coefficient (Wildman–Crippen LogP) is 5.24. The Balaban J connectivity index is 1.37. The van der Waals surface area contributed by atoms with Crippen LogP contribution in [0, 0.1) is 5.92 Å². The van der Waals surface area contributed by atoms with Crippen LogP contribution in [0.1, 0.15) is 63.4 Å². The van der Waals surface area contributed by atoms with Gasteiger partial charge in [0.15, 0.2) is 0 Å². The minimum atomic E-state index is -0.692.